The van der Waals surface area contributed by atoms with Crippen LogP contribution < -0.4 is 25.6 Å². The summed E-state index contributed by atoms with van der Waals surface area (Å²) in [4.78, 5) is 2.44. The lowest BCUT2D eigenvalue weighted by atomic mass is 9.81. The van der Waals surface area contributed by atoms with Crippen LogP contribution in [0.1, 0.15) is 25.0 Å². The highest BCUT2D eigenvalue weighted by Gasteiger charge is 2.41. The Balaban J connectivity index is 1.01. The molecule has 11 aromatic rings. The summed E-state index contributed by atoms with van der Waals surface area (Å²) in [5.41, 5.74) is 16.0. The summed E-state index contributed by atoms with van der Waals surface area (Å²) < 4.78 is 2.33. The number of benzene rings is 10. The van der Waals surface area contributed by atoms with Crippen molar-refractivity contribution in [1.82, 2.24) is 4.57 Å². The Morgan fingerprint density at radius 2 is 0.761 bits per heavy atom. The van der Waals surface area contributed by atoms with Gasteiger partial charge in [0, 0.05) is 51.3 Å². The number of fused-ring (bicyclic) bond motifs is 6. The van der Waals surface area contributed by atoms with E-state index in [0.717, 1.165) is 17.1 Å². The van der Waals surface area contributed by atoms with Gasteiger partial charge in [-0.05, 0) is 126 Å². The highest BCUT2D eigenvalue weighted by Crippen LogP contribution is 2.50. The van der Waals surface area contributed by atoms with E-state index < -0.39 is 8.07 Å². The van der Waals surface area contributed by atoms with E-state index in [2.05, 4.69) is 279 Å². The van der Waals surface area contributed by atoms with Crippen LogP contribution in [0.2, 0.25) is 0 Å². The van der Waals surface area contributed by atoms with Gasteiger partial charge in [0.05, 0.1) is 0 Å². The van der Waals surface area contributed by atoms with E-state index in [-0.39, 0.29) is 5.41 Å². The van der Waals surface area contributed by atoms with Crippen molar-refractivity contribution in [1.29, 1.82) is 0 Å². The van der Waals surface area contributed by atoms with Crippen LogP contribution in [0.3, 0.4) is 0 Å². The molecule has 0 atom stereocenters. The fourth-order valence-corrected chi connectivity index (χ4v) is 16.0. The molecule has 0 bridgehead atoms. The lowest BCUT2D eigenvalue weighted by Crippen LogP contribution is -2.74. The van der Waals surface area contributed by atoms with Gasteiger partial charge in [0.15, 0.2) is 8.07 Å². The van der Waals surface area contributed by atoms with Crippen molar-refractivity contribution in [2.75, 3.05) is 4.90 Å². The summed E-state index contributed by atoms with van der Waals surface area (Å²) in [7, 11) is -0.535. The third kappa shape index (κ3) is 6.61. The molecule has 0 unspecified atom stereocenters. The molecule has 320 valence electrons. The van der Waals surface area contributed by atoms with Crippen molar-refractivity contribution < 1.29 is 0 Å². The number of anilines is 3. The fraction of sp³-hybridized carbons (Fsp3) is 0.0625. The Bertz CT molecular complexity index is 3480. The Labute approximate surface area is 394 Å². The fourth-order valence-electron chi connectivity index (χ4n) is 11.2. The Hall–Kier alpha value is -7.98. The molecule has 1 aromatic heterocycles. The van der Waals surface area contributed by atoms with E-state index in [1.165, 1.54) is 87.1 Å². The van der Waals surface area contributed by atoms with E-state index in [4.69, 9.17) is 0 Å². The van der Waals surface area contributed by atoms with Crippen LogP contribution in [0.4, 0.5) is 17.1 Å². The molecule has 3 heteroatoms. The van der Waals surface area contributed by atoms with Gasteiger partial charge in [0.25, 0.3) is 0 Å². The average molecular weight is 875 g/mol. The number of aryl methyl sites for hydroxylation is 1. The Kier molecular flexibility index (Phi) is 9.78. The predicted octanol–water partition coefficient (Wildman–Crippen LogP) is 13.8. The predicted molar refractivity (Wildman–Crippen MR) is 287 cm³/mol. The minimum atomic E-state index is -2.72. The highest BCUT2D eigenvalue weighted by atomic mass is 28.3. The van der Waals surface area contributed by atoms with Gasteiger partial charge >= 0.3 is 0 Å². The molecule has 1 heterocycles. The lowest BCUT2D eigenvalue weighted by Gasteiger charge is -2.35. The van der Waals surface area contributed by atoms with Gasteiger partial charge in [-0.25, -0.2) is 0 Å². The van der Waals surface area contributed by atoms with E-state index >= 15 is 0 Å². The first-order valence-electron chi connectivity index (χ1n) is 23.4. The van der Waals surface area contributed by atoms with E-state index in [9.17, 15) is 0 Å². The van der Waals surface area contributed by atoms with Crippen LogP contribution in [-0.4, -0.2) is 12.6 Å². The molecule has 2 nitrogen and oxygen atoms in total. The van der Waals surface area contributed by atoms with Crippen molar-refractivity contribution in [2.45, 2.75) is 19.3 Å². The monoisotopic (exact) mass is 874 g/mol. The summed E-state index contributed by atoms with van der Waals surface area (Å²) in [5.74, 6) is 0. The van der Waals surface area contributed by atoms with E-state index in [0.29, 0.717) is 0 Å². The third-order valence-electron chi connectivity index (χ3n) is 14.6. The molecule has 67 heavy (non-hydrogen) atoms. The van der Waals surface area contributed by atoms with Gasteiger partial charge in [0.2, 0.25) is 0 Å². The van der Waals surface area contributed by atoms with Gasteiger partial charge < -0.3 is 9.47 Å². The molecule has 0 saturated carbocycles. The van der Waals surface area contributed by atoms with Crippen molar-refractivity contribution in [2.24, 2.45) is 7.05 Å². The molecule has 1 aliphatic carbocycles. The molecule has 10 aromatic carbocycles. The molecule has 0 aliphatic heterocycles. The molecular weight excluding hydrogens is 825 g/mol. The Morgan fingerprint density at radius 3 is 1.37 bits per heavy atom. The zero-order valence-electron chi connectivity index (χ0n) is 38.1. The van der Waals surface area contributed by atoms with Crippen LogP contribution in [0.15, 0.2) is 249 Å². The van der Waals surface area contributed by atoms with Crippen LogP contribution in [0, 0.1) is 0 Å². The maximum absolute atomic E-state index is 2.72. The summed E-state index contributed by atoms with van der Waals surface area (Å²) >= 11 is 0. The number of hydrogen-bond donors (Lipinski definition) is 0. The molecule has 0 radical (unpaired) electrons. The minimum absolute atomic E-state index is 0.0606. The molecule has 0 fully saturated rings. The van der Waals surface area contributed by atoms with E-state index in [1.807, 2.05) is 0 Å². The molecule has 0 N–H and O–H groups in total. The van der Waals surface area contributed by atoms with Crippen LogP contribution >= 0.6 is 0 Å². The van der Waals surface area contributed by atoms with Gasteiger partial charge in [-0.2, -0.15) is 0 Å². The maximum atomic E-state index is 2.44. The number of nitrogens with zero attached hydrogens (tertiary/aromatic N) is 2. The standard InChI is InChI=1S/C64H50N2Si/c1-64(2)60-27-17-16-26-56(60)57-39-30-48(43-61(57)64)46-28-32-49(33-29-46)66(51-36-41-63-59(44-51)58-42-47(31-40-62(58)65(63)3)45-18-8-4-9-19-45)50-34-37-55(38-35-50)67(52-20-10-5-11-21-52,53-22-12-6-13-23-53)54-24-14-7-15-25-54/h4-44H,1-3H3. The normalized spacial score (nSPS) is 12.8. The van der Waals surface area contributed by atoms with Gasteiger partial charge in [0.1, 0.15) is 0 Å². The van der Waals surface area contributed by atoms with Crippen molar-refractivity contribution in [3.63, 3.8) is 0 Å². The van der Waals surface area contributed by atoms with Gasteiger partial charge in [-0.3, -0.25) is 0 Å². The van der Waals surface area contributed by atoms with Crippen molar-refractivity contribution in [3.05, 3.63) is 260 Å². The average Bonchev–Trinajstić information content (AvgIpc) is 3.80. The summed E-state index contributed by atoms with van der Waals surface area (Å²) in [6.45, 7) is 4.71. The SMILES string of the molecule is Cn1c2ccc(-c3ccccc3)cc2c2cc(N(c3ccc(-c4ccc5c(c4)C(C)(C)c4ccccc4-5)cc3)c3ccc([Si](c4ccccc4)(c4ccccc4)c4ccccc4)cc3)ccc21. The second-order valence-electron chi connectivity index (χ2n) is 18.6. The largest absolute Gasteiger partial charge is 0.344 e. The van der Waals surface area contributed by atoms with Gasteiger partial charge in [-0.1, -0.05) is 202 Å². The molecule has 0 saturated heterocycles. The Morgan fingerprint density at radius 1 is 0.343 bits per heavy atom. The molecule has 1 aliphatic rings. The smallest absolute Gasteiger partial charge is 0.179 e. The summed E-state index contributed by atoms with van der Waals surface area (Å²) in [5, 5.41) is 7.91. The first-order chi connectivity index (χ1) is 32.9. The van der Waals surface area contributed by atoms with Crippen LogP contribution in [0.25, 0.3) is 55.2 Å². The lowest BCUT2D eigenvalue weighted by molar-refractivity contribution is 0.660. The molecule has 0 amide bonds. The number of hydrogen-bond acceptors (Lipinski definition) is 1. The second kappa shape index (κ2) is 16.2. The molecule has 0 spiro atoms. The maximum Gasteiger partial charge on any atom is 0.179 e. The minimum Gasteiger partial charge on any atom is -0.344 e. The number of aromatic nitrogens is 1. The second-order valence-corrected chi connectivity index (χ2v) is 22.4. The van der Waals surface area contributed by atoms with Crippen LogP contribution in [0.5, 0.6) is 0 Å². The van der Waals surface area contributed by atoms with Gasteiger partial charge in [-0.15, -0.1) is 0 Å². The van der Waals surface area contributed by atoms with E-state index in [1.54, 1.807) is 0 Å². The zero-order chi connectivity index (χ0) is 45.1. The topological polar surface area (TPSA) is 8.17 Å². The van der Waals surface area contributed by atoms with Crippen LogP contribution in [-0.2, 0) is 12.5 Å². The first kappa shape index (κ1) is 40.5. The van der Waals surface area contributed by atoms with Crippen molar-refractivity contribution in [3.8, 4) is 33.4 Å². The summed E-state index contributed by atoms with van der Waals surface area (Å²) in [6.07, 6.45) is 0. The first-order valence-corrected chi connectivity index (χ1v) is 25.4. The molecular formula is C64H50N2Si. The quantitative estimate of drug-likeness (QED) is 0.104. The van der Waals surface area contributed by atoms with Crippen molar-refractivity contribution >= 4 is 67.7 Å². The molecule has 12 rings (SSSR count). The highest BCUT2D eigenvalue weighted by molar-refractivity contribution is 7.19. The zero-order valence-corrected chi connectivity index (χ0v) is 39.1. The number of rotatable bonds is 9. The summed E-state index contributed by atoms with van der Waals surface area (Å²) in [6, 6.07) is 92.7. The third-order valence-corrected chi connectivity index (χ3v) is 19.4.